The van der Waals surface area contributed by atoms with E-state index in [0.29, 0.717) is 17.6 Å². The van der Waals surface area contributed by atoms with Crippen LogP contribution in [0.4, 0.5) is 0 Å². The van der Waals surface area contributed by atoms with Crippen molar-refractivity contribution in [1.29, 1.82) is 0 Å². The molecule has 0 bridgehead atoms. The van der Waals surface area contributed by atoms with Crippen molar-refractivity contribution < 1.29 is 48.1 Å². The van der Waals surface area contributed by atoms with Crippen LogP contribution in [0.1, 0.15) is 52.5 Å². The van der Waals surface area contributed by atoms with Crippen LogP contribution in [0, 0.1) is 0 Å². The Kier molecular flexibility index (Phi) is 8.64. The van der Waals surface area contributed by atoms with Crippen molar-refractivity contribution in [1.82, 2.24) is 15.1 Å². The maximum atomic E-state index is 13.6. The molecule has 5 rings (SSSR count). The van der Waals surface area contributed by atoms with Gasteiger partial charge in [-0.25, -0.2) is 14.4 Å². The molecule has 0 saturated carbocycles. The summed E-state index contributed by atoms with van der Waals surface area (Å²) in [5.74, 6) is -4.23. The summed E-state index contributed by atoms with van der Waals surface area (Å²) in [6, 6.07) is 3.15. The Balaban J connectivity index is 1.23. The number of β-lactam (4-membered cyclic amide) rings is 2. The highest BCUT2D eigenvalue weighted by atomic mass is 32.2. The van der Waals surface area contributed by atoms with E-state index in [4.69, 9.17) is 14.2 Å². The standard InChI is InChI=1S/C30H35N3O10S2/c1-14(11-19(36)41-6)20(15-7-9-16(34)10-8-15)24(37)31-21-25(38)33-23(30(4,5)45-26(21)33)28(40)43-13-42-27(39)22-29(2,3)44-18-12-17(35)32(18)22/h7-11,18,20-23,26,34H,12-13H2,1-6H3,(H,31,37)/t18-,20?,21-,22+,23+,26-/m1/s1. The number of aromatic hydroxyl groups is 1. The number of thioether (sulfide) groups is 2. The molecule has 4 heterocycles. The summed E-state index contributed by atoms with van der Waals surface area (Å²) >= 11 is 2.84. The maximum absolute atomic E-state index is 13.6. The number of rotatable bonds is 9. The van der Waals surface area contributed by atoms with E-state index in [1.54, 1.807) is 32.9 Å². The molecule has 6 atom stereocenters. The van der Waals surface area contributed by atoms with Gasteiger partial charge in [0.15, 0.2) is 0 Å². The highest BCUT2D eigenvalue weighted by Crippen LogP contribution is 2.52. The van der Waals surface area contributed by atoms with Crippen LogP contribution in [0.5, 0.6) is 5.75 Å². The van der Waals surface area contributed by atoms with Gasteiger partial charge in [0.1, 0.15) is 29.2 Å². The number of amides is 3. The summed E-state index contributed by atoms with van der Waals surface area (Å²) < 4.78 is 13.9. The number of benzene rings is 1. The second-order valence-corrected chi connectivity index (χ2v) is 15.9. The number of hydrogen-bond acceptors (Lipinski definition) is 12. The van der Waals surface area contributed by atoms with E-state index >= 15 is 0 Å². The number of nitrogens with one attached hydrogen (secondary N) is 1. The van der Waals surface area contributed by atoms with Crippen molar-refractivity contribution in [3.8, 4) is 5.75 Å². The molecule has 3 amide bonds. The maximum Gasteiger partial charge on any atom is 0.333 e. The molecule has 4 saturated heterocycles. The lowest BCUT2D eigenvalue weighted by molar-refractivity contribution is -0.181. The van der Waals surface area contributed by atoms with Crippen LogP contribution in [-0.2, 0) is 43.0 Å². The zero-order chi connectivity index (χ0) is 33.0. The number of carbonyl (C=O) groups excluding carboxylic acids is 6. The minimum atomic E-state index is -1.01. The van der Waals surface area contributed by atoms with Gasteiger partial charge < -0.3 is 34.4 Å². The van der Waals surface area contributed by atoms with E-state index in [1.807, 2.05) is 13.8 Å². The highest BCUT2D eigenvalue weighted by molar-refractivity contribution is 8.02. The van der Waals surface area contributed by atoms with Crippen LogP contribution in [-0.4, -0.2) is 103 Å². The van der Waals surface area contributed by atoms with Gasteiger partial charge in [0, 0.05) is 15.6 Å². The Morgan fingerprint density at radius 1 is 1.00 bits per heavy atom. The topological polar surface area (TPSA) is 169 Å². The molecule has 2 N–H and O–H groups in total. The lowest BCUT2D eigenvalue weighted by Gasteiger charge is -2.44. The van der Waals surface area contributed by atoms with Gasteiger partial charge in [-0.05, 0) is 57.9 Å². The lowest BCUT2D eigenvalue weighted by Crippen LogP contribution is -2.71. The fraction of sp³-hybridized carbons (Fsp3) is 0.533. The Labute approximate surface area is 268 Å². The molecular weight excluding hydrogens is 626 g/mol. The SMILES string of the molecule is COC(=O)C=C(C)C(C(=O)N[C@@H]1C(=O)N2[C@@H]1SC(C)(C)[C@@H]2C(=O)OCOC(=O)[C@@H]1N2C(=O)C[C@H]2SC1(C)C)c1ccc(O)cc1. The van der Waals surface area contributed by atoms with Gasteiger partial charge in [-0.3, -0.25) is 14.4 Å². The Hall–Kier alpha value is -3.72. The summed E-state index contributed by atoms with van der Waals surface area (Å²) in [6.45, 7) is 8.17. The summed E-state index contributed by atoms with van der Waals surface area (Å²) in [4.78, 5) is 79.9. The van der Waals surface area contributed by atoms with Crippen molar-refractivity contribution in [2.24, 2.45) is 0 Å². The first-order valence-electron chi connectivity index (χ1n) is 14.2. The van der Waals surface area contributed by atoms with Crippen LogP contribution in [0.25, 0.3) is 0 Å². The molecule has 0 aromatic heterocycles. The van der Waals surface area contributed by atoms with Crippen molar-refractivity contribution in [3.05, 3.63) is 41.5 Å². The van der Waals surface area contributed by atoms with Crippen LogP contribution in [0.15, 0.2) is 35.9 Å². The minimum absolute atomic E-state index is 0.00383. The molecule has 4 aliphatic rings. The smallest absolute Gasteiger partial charge is 0.333 e. The second kappa shape index (κ2) is 11.9. The molecule has 15 heteroatoms. The summed E-state index contributed by atoms with van der Waals surface area (Å²) in [7, 11) is 1.22. The highest BCUT2D eigenvalue weighted by Gasteiger charge is 2.65. The number of phenols is 1. The van der Waals surface area contributed by atoms with Gasteiger partial charge in [0.25, 0.3) is 0 Å². The van der Waals surface area contributed by atoms with E-state index in [-0.39, 0.29) is 17.0 Å². The van der Waals surface area contributed by atoms with Crippen LogP contribution in [0.2, 0.25) is 0 Å². The Bertz CT molecular complexity index is 1480. The first-order valence-corrected chi connectivity index (χ1v) is 16.0. The first kappa shape index (κ1) is 32.7. The predicted molar refractivity (Wildman–Crippen MR) is 162 cm³/mol. The molecule has 1 unspecified atom stereocenters. The van der Waals surface area contributed by atoms with Crippen molar-refractivity contribution >= 4 is 59.2 Å². The molecule has 13 nitrogen and oxygen atoms in total. The van der Waals surface area contributed by atoms with E-state index in [1.165, 1.54) is 58.6 Å². The number of hydrogen-bond donors (Lipinski definition) is 2. The molecule has 45 heavy (non-hydrogen) atoms. The van der Waals surface area contributed by atoms with Crippen LogP contribution in [0.3, 0.4) is 0 Å². The van der Waals surface area contributed by atoms with Gasteiger partial charge >= 0.3 is 17.9 Å². The van der Waals surface area contributed by atoms with E-state index < -0.39 is 75.4 Å². The lowest BCUT2D eigenvalue weighted by atomic mass is 9.89. The third-order valence-electron chi connectivity index (χ3n) is 8.40. The zero-order valence-electron chi connectivity index (χ0n) is 25.6. The van der Waals surface area contributed by atoms with Crippen molar-refractivity contribution in [2.75, 3.05) is 13.9 Å². The Morgan fingerprint density at radius 3 is 2.16 bits per heavy atom. The summed E-state index contributed by atoms with van der Waals surface area (Å²) in [5.41, 5.74) is 0.841. The molecule has 1 aromatic rings. The fourth-order valence-corrected chi connectivity index (χ4v) is 9.48. The quantitative estimate of drug-likeness (QED) is 0.170. The number of esters is 3. The Morgan fingerprint density at radius 2 is 1.58 bits per heavy atom. The first-order chi connectivity index (χ1) is 21.1. The fourth-order valence-electron chi connectivity index (χ4n) is 6.24. The molecular formula is C30H35N3O10S2. The van der Waals surface area contributed by atoms with Crippen molar-refractivity contribution in [2.45, 2.75) is 85.3 Å². The minimum Gasteiger partial charge on any atom is -0.508 e. The second-order valence-electron chi connectivity index (χ2n) is 12.3. The molecule has 4 aliphatic heterocycles. The van der Waals surface area contributed by atoms with Gasteiger partial charge in [0.05, 0.1) is 24.8 Å². The summed E-state index contributed by atoms with van der Waals surface area (Å²) in [6.07, 6.45) is 1.56. The summed E-state index contributed by atoms with van der Waals surface area (Å²) in [5, 5.41) is 11.8. The van der Waals surface area contributed by atoms with Gasteiger partial charge in [-0.2, -0.15) is 0 Å². The number of ether oxygens (including phenoxy) is 3. The molecule has 0 radical (unpaired) electrons. The monoisotopic (exact) mass is 661 g/mol. The van der Waals surface area contributed by atoms with Crippen LogP contribution < -0.4 is 5.32 Å². The average Bonchev–Trinajstić information content (AvgIpc) is 3.35. The average molecular weight is 662 g/mol. The number of phenolic OH excluding ortho intramolecular Hbond substituents is 1. The number of fused-ring (bicyclic) bond motifs is 2. The number of nitrogens with zero attached hydrogens (tertiary/aromatic N) is 2. The van der Waals surface area contributed by atoms with Gasteiger partial charge in [-0.15, -0.1) is 23.5 Å². The predicted octanol–water partition coefficient (Wildman–Crippen LogP) is 1.64. The zero-order valence-corrected chi connectivity index (χ0v) is 27.2. The number of methoxy groups -OCH3 is 1. The van der Waals surface area contributed by atoms with Crippen LogP contribution >= 0.6 is 23.5 Å². The molecule has 0 spiro atoms. The van der Waals surface area contributed by atoms with Gasteiger partial charge in [0.2, 0.25) is 24.5 Å². The normalized spacial score (nSPS) is 28.2. The molecule has 242 valence electrons. The third-order valence-corrected chi connectivity index (χ3v) is 11.5. The van der Waals surface area contributed by atoms with Crippen molar-refractivity contribution in [3.63, 3.8) is 0 Å². The number of carbonyl (C=O) groups is 6. The third kappa shape index (κ3) is 5.87. The molecule has 4 fully saturated rings. The molecule has 1 aromatic carbocycles. The molecule has 0 aliphatic carbocycles. The van der Waals surface area contributed by atoms with E-state index in [0.717, 1.165) is 0 Å². The van der Waals surface area contributed by atoms with E-state index in [9.17, 15) is 33.9 Å². The van der Waals surface area contributed by atoms with E-state index in [2.05, 4.69) is 5.32 Å². The van der Waals surface area contributed by atoms with Gasteiger partial charge in [-0.1, -0.05) is 12.1 Å². The largest absolute Gasteiger partial charge is 0.508 e.